The van der Waals surface area contributed by atoms with Crippen molar-refractivity contribution in [2.45, 2.75) is 45.6 Å². The molecule has 1 unspecified atom stereocenters. The minimum atomic E-state index is -0.171. The van der Waals surface area contributed by atoms with Gasteiger partial charge in [0.1, 0.15) is 5.83 Å². The SMILES string of the molecule is CC/C=C(F)\C=C/Cn1cc(CC2CCCOCC2)c2ccncc21. The lowest BCUT2D eigenvalue weighted by atomic mass is 9.93. The molecule has 2 aromatic rings. The van der Waals surface area contributed by atoms with Crippen LogP contribution >= 0.6 is 0 Å². The van der Waals surface area contributed by atoms with Gasteiger partial charge in [-0.3, -0.25) is 4.98 Å². The molecule has 1 atom stereocenters. The van der Waals surface area contributed by atoms with E-state index in [-0.39, 0.29) is 5.83 Å². The Labute approximate surface area is 149 Å². The van der Waals surface area contributed by atoms with Gasteiger partial charge in [-0.25, -0.2) is 4.39 Å². The molecular formula is C21H27FN2O. The summed E-state index contributed by atoms with van der Waals surface area (Å²) < 4.78 is 21.3. The monoisotopic (exact) mass is 342 g/mol. The van der Waals surface area contributed by atoms with E-state index in [9.17, 15) is 4.39 Å². The van der Waals surface area contributed by atoms with Crippen molar-refractivity contribution in [1.82, 2.24) is 9.55 Å². The zero-order valence-corrected chi connectivity index (χ0v) is 15.0. The fourth-order valence-corrected chi connectivity index (χ4v) is 3.55. The average molecular weight is 342 g/mol. The zero-order valence-electron chi connectivity index (χ0n) is 15.0. The molecule has 0 aliphatic carbocycles. The minimum absolute atomic E-state index is 0.171. The predicted octanol–water partition coefficient (Wildman–Crippen LogP) is 5.22. The van der Waals surface area contributed by atoms with E-state index in [0.29, 0.717) is 18.9 Å². The van der Waals surface area contributed by atoms with E-state index in [2.05, 4.69) is 21.8 Å². The Bertz CT molecular complexity index is 739. The second-order valence-corrected chi connectivity index (χ2v) is 6.71. The zero-order chi connectivity index (χ0) is 17.5. The van der Waals surface area contributed by atoms with Crippen molar-refractivity contribution in [3.05, 3.63) is 54.3 Å². The Morgan fingerprint density at radius 2 is 2.32 bits per heavy atom. The highest BCUT2D eigenvalue weighted by molar-refractivity contribution is 5.83. The first-order chi connectivity index (χ1) is 12.3. The summed E-state index contributed by atoms with van der Waals surface area (Å²) in [4.78, 5) is 4.27. The molecule has 3 nitrogen and oxygen atoms in total. The third kappa shape index (κ3) is 4.79. The number of hydrogen-bond donors (Lipinski definition) is 0. The van der Waals surface area contributed by atoms with Gasteiger partial charge < -0.3 is 9.30 Å². The molecule has 3 heterocycles. The number of fused-ring (bicyclic) bond motifs is 1. The van der Waals surface area contributed by atoms with Gasteiger partial charge in [0.15, 0.2) is 0 Å². The molecule has 0 spiro atoms. The summed E-state index contributed by atoms with van der Waals surface area (Å²) in [6.07, 6.45) is 16.3. The molecule has 3 rings (SSSR count). The van der Waals surface area contributed by atoms with E-state index in [1.54, 1.807) is 12.2 Å². The van der Waals surface area contributed by atoms with E-state index < -0.39 is 0 Å². The molecule has 0 saturated carbocycles. The Balaban J connectivity index is 1.79. The molecule has 1 fully saturated rings. The number of hydrogen-bond acceptors (Lipinski definition) is 2. The lowest BCUT2D eigenvalue weighted by molar-refractivity contribution is 0.141. The number of rotatable bonds is 6. The van der Waals surface area contributed by atoms with E-state index >= 15 is 0 Å². The molecule has 4 heteroatoms. The summed E-state index contributed by atoms with van der Waals surface area (Å²) >= 11 is 0. The van der Waals surface area contributed by atoms with Gasteiger partial charge in [-0.2, -0.15) is 0 Å². The van der Waals surface area contributed by atoms with Crippen LogP contribution in [0.5, 0.6) is 0 Å². The fraction of sp³-hybridized carbons (Fsp3) is 0.476. The molecule has 1 aliphatic rings. The van der Waals surface area contributed by atoms with Crippen LogP contribution in [-0.2, 0) is 17.7 Å². The Hall–Kier alpha value is -1.94. The Morgan fingerprint density at radius 3 is 3.20 bits per heavy atom. The number of ether oxygens (including phenoxy) is 1. The van der Waals surface area contributed by atoms with Gasteiger partial charge in [0.2, 0.25) is 0 Å². The summed E-state index contributed by atoms with van der Waals surface area (Å²) in [5.41, 5.74) is 2.48. The van der Waals surface area contributed by atoms with Crippen molar-refractivity contribution in [2.75, 3.05) is 13.2 Å². The van der Waals surface area contributed by atoms with E-state index in [4.69, 9.17) is 4.74 Å². The van der Waals surface area contributed by atoms with Crippen LogP contribution in [0.15, 0.2) is 48.7 Å². The van der Waals surface area contributed by atoms with Crippen molar-refractivity contribution in [1.29, 1.82) is 0 Å². The van der Waals surface area contributed by atoms with Gasteiger partial charge in [-0.15, -0.1) is 0 Å². The lowest BCUT2D eigenvalue weighted by Gasteiger charge is -2.12. The van der Waals surface area contributed by atoms with Gasteiger partial charge in [0.05, 0.1) is 11.7 Å². The normalized spacial score (nSPS) is 19.6. The molecule has 134 valence electrons. The van der Waals surface area contributed by atoms with Crippen LogP contribution in [0, 0.1) is 5.92 Å². The van der Waals surface area contributed by atoms with Crippen LogP contribution in [0.2, 0.25) is 0 Å². The first-order valence-electron chi connectivity index (χ1n) is 9.29. The third-order valence-electron chi connectivity index (χ3n) is 4.83. The highest BCUT2D eigenvalue weighted by Crippen LogP contribution is 2.27. The van der Waals surface area contributed by atoms with Crippen molar-refractivity contribution >= 4 is 10.9 Å². The van der Waals surface area contributed by atoms with Crippen LogP contribution in [-0.4, -0.2) is 22.8 Å². The van der Waals surface area contributed by atoms with Gasteiger partial charge in [0.25, 0.3) is 0 Å². The number of aromatic nitrogens is 2. The second-order valence-electron chi connectivity index (χ2n) is 6.71. The van der Waals surface area contributed by atoms with E-state index in [0.717, 1.165) is 38.0 Å². The standard InChI is InChI=1S/C21H27FN2O/c1-2-5-19(22)7-3-11-24-16-18(20-8-10-23-15-21(20)24)14-17-6-4-12-25-13-9-17/h3,5,7-8,10,15-17H,2,4,6,9,11-14H2,1H3/b7-3-,19-5+. The average Bonchev–Trinajstić information content (AvgIpc) is 2.78. The molecule has 2 aromatic heterocycles. The highest BCUT2D eigenvalue weighted by atomic mass is 19.1. The van der Waals surface area contributed by atoms with E-state index in [1.165, 1.54) is 17.4 Å². The smallest absolute Gasteiger partial charge is 0.118 e. The van der Waals surface area contributed by atoms with Crippen LogP contribution in [0.4, 0.5) is 4.39 Å². The summed E-state index contributed by atoms with van der Waals surface area (Å²) in [6, 6.07) is 2.09. The molecule has 0 amide bonds. The summed E-state index contributed by atoms with van der Waals surface area (Å²) in [5, 5.41) is 1.26. The van der Waals surface area contributed by atoms with Crippen molar-refractivity contribution in [2.24, 2.45) is 5.92 Å². The highest BCUT2D eigenvalue weighted by Gasteiger charge is 2.16. The van der Waals surface area contributed by atoms with Crippen LogP contribution in [0.25, 0.3) is 10.9 Å². The van der Waals surface area contributed by atoms with Crippen LogP contribution < -0.4 is 0 Å². The van der Waals surface area contributed by atoms with E-state index in [1.807, 2.05) is 25.4 Å². The van der Waals surface area contributed by atoms with Crippen LogP contribution in [0.3, 0.4) is 0 Å². The molecule has 1 aliphatic heterocycles. The summed E-state index contributed by atoms with van der Waals surface area (Å²) in [7, 11) is 0. The minimum Gasteiger partial charge on any atom is -0.381 e. The van der Waals surface area contributed by atoms with Gasteiger partial charge in [-0.05, 0) is 61.8 Å². The number of allylic oxidation sites excluding steroid dienone is 4. The Morgan fingerprint density at radius 1 is 1.40 bits per heavy atom. The first kappa shape index (κ1) is 17.9. The molecule has 25 heavy (non-hydrogen) atoms. The number of halogens is 1. The number of nitrogens with zero attached hydrogens (tertiary/aromatic N) is 2. The largest absolute Gasteiger partial charge is 0.381 e. The van der Waals surface area contributed by atoms with Gasteiger partial charge in [0, 0.05) is 37.5 Å². The summed E-state index contributed by atoms with van der Waals surface area (Å²) in [5.74, 6) is 0.506. The maximum Gasteiger partial charge on any atom is 0.118 e. The second kappa shape index (κ2) is 8.95. The van der Waals surface area contributed by atoms with Gasteiger partial charge in [-0.1, -0.05) is 13.0 Å². The van der Waals surface area contributed by atoms with Crippen molar-refractivity contribution in [3.8, 4) is 0 Å². The molecule has 0 bridgehead atoms. The molecule has 0 radical (unpaired) electrons. The molecular weight excluding hydrogens is 315 g/mol. The quantitative estimate of drug-likeness (QED) is 0.673. The molecule has 0 N–H and O–H groups in total. The lowest BCUT2D eigenvalue weighted by Crippen LogP contribution is -2.04. The predicted molar refractivity (Wildman–Crippen MR) is 100 cm³/mol. The Kier molecular flexibility index (Phi) is 6.40. The topological polar surface area (TPSA) is 27.1 Å². The van der Waals surface area contributed by atoms with Crippen LogP contribution in [0.1, 0.15) is 38.2 Å². The summed E-state index contributed by atoms with van der Waals surface area (Å²) in [6.45, 7) is 4.35. The van der Waals surface area contributed by atoms with Gasteiger partial charge >= 0.3 is 0 Å². The first-order valence-corrected chi connectivity index (χ1v) is 9.29. The maximum atomic E-state index is 13.5. The number of pyridine rings is 1. The third-order valence-corrected chi connectivity index (χ3v) is 4.83. The maximum absolute atomic E-state index is 13.5. The fourth-order valence-electron chi connectivity index (χ4n) is 3.55. The molecule has 1 saturated heterocycles. The van der Waals surface area contributed by atoms with Crippen molar-refractivity contribution in [3.63, 3.8) is 0 Å². The molecule has 0 aromatic carbocycles. The van der Waals surface area contributed by atoms with Crippen molar-refractivity contribution < 1.29 is 9.13 Å².